The fourth-order valence-electron chi connectivity index (χ4n) is 10.5. The first-order chi connectivity index (χ1) is 35.2. The zero-order valence-electron chi connectivity index (χ0n) is 47.6. The number of fused-ring (bicyclic) bond motifs is 4. The molecule has 3 heterocycles. The molecule has 10 rings (SSSR count). The van der Waals surface area contributed by atoms with Gasteiger partial charge in [-0.25, -0.2) is 4.98 Å². The summed E-state index contributed by atoms with van der Waals surface area (Å²) >= 11 is 0. The Hall–Kier alpha value is -6.42. The third-order valence-corrected chi connectivity index (χ3v) is 15.8. The second kappa shape index (κ2) is 19.5. The Bertz CT molecular complexity index is 3560. The summed E-state index contributed by atoms with van der Waals surface area (Å²) in [5.74, 6) is 2.05. The summed E-state index contributed by atoms with van der Waals surface area (Å²) in [7, 11) is 0. The Kier molecular flexibility index (Phi) is 14.0. The molecule has 0 N–H and O–H groups in total. The molecule has 0 amide bonds. The van der Waals surface area contributed by atoms with E-state index in [1.807, 2.05) is 6.20 Å². The first kappa shape index (κ1) is 54.4. The van der Waals surface area contributed by atoms with Crippen LogP contribution in [0.1, 0.15) is 155 Å². The maximum Gasteiger partial charge on any atom is 0.135 e. The van der Waals surface area contributed by atoms with Crippen LogP contribution in [-0.4, -0.2) is 9.55 Å². The molecular weight excluding hydrogens is 1110 g/mol. The minimum Gasteiger partial charge on any atom is -0.509 e. The topological polar surface area (TPSA) is 33.5 Å². The quantitative estimate of drug-likeness (QED) is 0.135. The van der Waals surface area contributed by atoms with Crippen molar-refractivity contribution in [3.8, 4) is 17.3 Å². The number of hydrogen-bond donors (Lipinski definition) is 0. The Labute approximate surface area is 468 Å². The van der Waals surface area contributed by atoms with Gasteiger partial charge in [0.05, 0.1) is 0 Å². The van der Waals surface area contributed by atoms with Crippen molar-refractivity contribution >= 4 is 44.6 Å². The van der Waals surface area contributed by atoms with Crippen LogP contribution in [-0.2, 0) is 53.6 Å². The van der Waals surface area contributed by atoms with E-state index in [0.29, 0.717) is 11.5 Å². The molecule has 1 aliphatic heterocycles. The molecule has 394 valence electrons. The SMILES string of the molecule is CC(C)(C)c1cc(N2[CH-]N(c3[c-]c(Oc4[c-]c5c(cc4)c4cc(C(C)(C)C)ccc4n5-c4cc(C(C)(C)C)ccn4)cc(C(C)(C)c4ccccc4)c3)c3cc(C(C)(C)c4ccccc4)ccc32)cc(C(C)(C)C)c1.[Pt]. The Morgan fingerprint density at radius 2 is 0.987 bits per heavy atom. The monoisotopic (exact) mass is 1180 g/mol. The van der Waals surface area contributed by atoms with Crippen LogP contribution in [0.15, 0.2) is 158 Å². The van der Waals surface area contributed by atoms with Crippen molar-refractivity contribution in [2.45, 2.75) is 143 Å². The number of rotatable bonds is 9. The minimum absolute atomic E-state index is 0. The van der Waals surface area contributed by atoms with E-state index >= 15 is 0 Å². The fourth-order valence-corrected chi connectivity index (χ4v) is 10.5. The Morgan fingerprint density at radius 3 is 1.58 bits per heavy atom. The second-order valence-corrected chi connectivity index (χ2v) is 26.1. The van der Waals surface area contributed by atoms with E-state index in [1.54, 1.807) is 0 Å². The van der Waals surface area contributed by atoms with Gasteiger partial charge in [-0.2, -0.15) is 6.07 Å². The van der Waals surface area contributed by atoms with Crippen molar-refractivity contribution in [2.75, 3.05) is 9.80 Å². The van der Waals surface area contributed by atoms with Crippen molar-refractivity contribution in [2.24, 2.45) is 0 Å². The molecule has 0 spiro atoms. The van der Waals surface area contributed by atoms with Crippen molar-refractivity contribution in [3.05, 3.63) is 221 Å². The molecule has 5 nitrogen and oxygen atoms in total. The number of nitrogens with zero attached hydrogens (tertiary/aromatic N) is 4. The largest absolute Gasteiger partial charge is 0.509 e. The number of anilines is 4. The van der Waals surface area contributed by atoms with Crippen molar-refractivity contribution < 1.29 is 25.8 Å². The van der Waals surface area contributed by atoms with Gasteiger partial charge in [0.1, 0.15) is 5.82 Å². The molecule has 0 atom stereocenters. The molecule has 0 radical (unpaired) electrons. The van der Waals surface area contributed by atoms with Crippen LogP contribution in [0.2, 0.25) is 0 Å². The molecule has 0 unspecified atom stereocenters. The van der Waals surface area contributed by atoms with Gasteiger partial charge in [-0.15, -0.1) is 53.6 Å². The van der Waals surface area contributed by atoms with E-state index in [4.69, 9.17) is 9.72 Å². The van der Waals surface area contributed by atoms with E-state index < -0.39 is 5.41 Å². The molecule has 6 heteroatoms. The number of aromatic nitrogens is 2. The van der Waals surface area contributed by atoms with Crippen LogP contribution in [0.25, 0.3) is 27.6 Å². The molecule has 7 aromatic carbocycles. The molecule has 2 aromatic heterocycles. The molecule has 0 saturated carbocycles. The van der Waals surface area contributed by atoms with Gasteiger partial charge in [0.15, 0.2) is 0 Å². The van der Waals surface area contributed by atoms with Gasteiger partial charge in [0.2, 0.25) is 0 Å². The third kappa shape index (κ3) is 10.3. The molecule has 1 aliphatic rings. The number of benzene rings is 7. The molecule has 9 aromatic rings. The smallest absolute Gasteiger partial charge is 0.135 e. The predicted octanol–water partition coefficient (Wildman–Crippen LogP) is 18.8. The van der Waals surface area contributed by atoms with Gasteiger partial charge in [-0.3, -0.25) is 0 Å². The summed E-state index contributed by atoms with van der Waals surface area (Å²) in [5, 5.41) is 2.26. The van der Waals surface area contributed by atoms with Gasteiger partial charge < -0.3 is 19.1 Å². The molecule has 0 bridgehead atoms. The van der Waals surface area contributed by atoms with Crippen molar-refractivity contribution in [1.82, 2.24) is 9.55 Å². The van der Waals surface area contributed by atoms with Gasteiger partial charge >= 0.3 is 0 Å². The molecule has 76 heavy (non-hydrogen) atoms. The normalized spacial score (nSPS) is 13.6. The van der Waals surface area contributed by atoms with Crippen LogP contribution in [0, 0.1) is 18.8 Å². The fraction of sp³-hybridized carbons (Fsp3) is 0.314. The van der Waals surface area contributed by atoms with E-state index in [2.05, 4.69) is 296 Å². The number of pyridine rings is 1. The molecule has 0 fully saturated rings. The summed E-state index contributed by atoms with van der Waals surface area (Å²) in [4.78, 5) is 9.70. The van der Waals surface area contributed by atoms with Gasteiger partial charge in [-0.1, -0.05) is 201 Å². The van der Waals surface area contributed by atoms with Gasteiger partial charge in [-0.05, 0) is 114 Å². The zero-order chi connectivity index (χ0) is 53.6. The first-order valence-corrected chi connectivity index (χ1v) is 26.8. The average Bonchev–Trinajstić information content (AvgIpc) is 3.91. The zero-order valence-corrected chi connectivity index (χ0v) is 49.9. The Morgan fingerprint density at radius 1 is 0.421 bits per heavy atom. The maximum absolute atomic E-state index is 7.14. The summed E-state index contributed by atoms with van der Waals surface area (Å²) in [6.45, 7) is 38.9. The summed E-state index contributed by atoms with van der Waals surface area (Å²) in [5.41, 5.74) is 15.2. The van der Waals surface area contributed by atoms with E-state index in [1.165, 1.54) is 38.9 Å². The predicted molar refractivity (Wildman–Crippen MR) is 316 cm³/mol. The number of ether oxygens (including phenoxy) is 1. The van der Waals surface area contributed by atoms with Crippen molar-refractivity contribution in [3.63, 3.8) is 0 Å². The van der Waals surface area contributed by atoms with Crippen LogP contribution in [0.4, 0.5) is 22.7 Å². The molecule has 0 saturated heterocycles. The minimum atomic E-state index is -0.403. The van der Waals surface area contributed by atoms with Crippen molar-refractivity contribution in [1.29, 1.82) is 0 Å². The summed E-state index contributed by atoms with van der Waals surface area (Å²) in [6.07, 6.45) is 1.93. The first-order valence-electron chi connectivity index (χ1n) is 26.8. The molecular formula is C70H75N4OPt-3. The maximum atomic E-state index is 7.14. The summed E-state index contributed by atoms with van der Waals surface area (Å²) < 4.78 is 9.40. The Balaban J connectivity index is 0.00000706. The van der Waals surface area contributed by atoms with E-state index in [-0.39, 0.29) is 48.1 Å². The molecule has 0 aliphatic carbocycles. The third-order valence-electron chi connectivity index (χ3n) is 15.8. The van der Waals surface area contributed by atoms with E-state index in [0.717, 1.165) is 55.9 Å². The van der Waals surface area contributed by atoms with Crippen LogP contribution in [0.5, 0.6) is 11.5 Å². The van der Waals surface area contributed by atoms with Gasteiger partial charge in [0, 0.05) is 66.8 Å². The van der Waals surface area contributed by atoms with E-state index in [9.17, 15) is 0 Å². The average molecular weight is 1180 g/mol. The second-order valence-electron chi connectivity index (χ2n) is 26.1. The number of hydrogen-bond acceptors (Lipinski definition) is 4. The van der Waals surface area contributed by atoms with Crippen LogP contribution < -0.4 is 14.5 Å². The van der Waals surface area contributed by atoms with Gasteiger partial charge in [0.25, 0.3) is 0 Å². The van der Waals surface area contributed by atoms with Crippen LogP contribution in [0.3, 0.4) is 0 Å². The van der Waals surface area contributed by atoms with Crippen LogP contribution >= 0.6 is 0 Å². The summed E-state index contributed by atoms with van der Waals surface area (Å²) in [6, 6.07) is 63.3. The standard InChI is InChI=1S/C70H75N4O.Pt/c1-65(2,3)48-27-31-60-59(40-48)58-30-29-56(44-62(58)74(60)64-42-49(33-34-71-64)66(4,5)6)75-57-39-53(70(15,16)47-25-21-18-22-26-47)38-55(43-57)73-45-72(54-36-51(67(7,8)9)35-52(37-54)68(10,11)12)61-32-28-50(41-63(61)73)69(13,14)46-23-19-17-20-24-46;/h17-42,45H,1-16H3;/q-3;.